The van der Waals surface area contributed by atoms with Gasteiger partial charge in [0, 0.05) is 36.7 Å². The number of aromatic nitrogens is 2. The van der Waals surface area contributed by atoms with Crippen LogP contribution in [0.15, 0.2) is 41.6 Å². The number of anilines is 1. The molecule has 2 aromatic carbocycles. The molecule has 26 heavy (non-hydrogen) atoms. The average Bonchev–Trinajstić information content (AvgIpc) is 3.30. The number of hydrogen-bond donors (Lipinski definition) is 1. The summed E-state index contributed by atoms with van der Waals surface area (Å²) in [5.74, 6) is 2.46. The molecule has 0 atom stereocenters. The number of para-hydroxylation sites is 1. The quantitative estimate of drug-likeness (QED) is 0.684. The van der Waals surface area contributed by atoms with Gasteiger partial charge in [0.05, 0.1) is 11.0 Å². The molecule has 0 spiro atoms. The topological polar surface area (TPSA) is 50.4 Å². The van der Waals surface area contributed by atoms with E-state index in [1.165, 1.54) is 30.5 Å². The number of benzene rings is 2. The highest BCUT2D eigenvalue weighted by Gasteiger charge is 2.17. The number of hydrogen-bond acceptors (Lipinski definition) is 5. The molecule has 1 aromatic heterocycles. The number of fused-ring (bicyclic) bond motifs is 2. The second-order valence-corrected chi connectivity index (χ2v) is 7.69. The Balaban J connectivity index is 1.35. The van der Waals surface area contributed by atoms with Gasteiger partial charge in [-0.25, -0.2) is 4.98 Å². The molecule has 0 amide bonds. The minimum Gasteiger partial charge on any atom is -0.454 e. The largest absolute Gasteiger partial charge is 0.454 e. The molecule has 2 aliphatic heterocycles. The lowest BCUT2D eigenvalue weighted by Crippen LogP contribution is -2.30. The van der Waals surface area contributed by atoms with Crippen LogP contribution in [-0.4, -0.2) is 29.9 Å². The van der Waals surface area contributed by atoms with Gasteiger partial charge in [-0.05, 0) is 30.9 Å². The first-order valence-corrected chi connectivity index (χ1v) is 10.1. The van der Waals surface area contributed by atoms with Crippen molar-refractivity contribution in [2.75, 3.05) is 24.8 Å². The van der Waals surface area contributed by atoms with Gasteiger partial charge in [-0.1, -0.05) is 30.0 Å². The minimum atomic E-state index is 0.289. The molecule has 0 unspecified atom stereocenters. The highest BCUT2D eigenvalue weighted by Crippen LogP contribution is 2.36. The number of aromatic amines is 1. The third-order valence-electron chi connectivity index (χ3n) is 5.01. The molecule has 0 bridgehead atoms. The van der Waals surface area contributed by atoms with E-state index in [1.807, 2.05) is 12.1 Å². The fourth-order valence-electron chi connectivity index (χ4n) is 3.67. The monoisotopic (exact) mass is 367 g/mol. The van der Waals surface area contributed by atoms with E-state index in [0.29, 0.717) is 0 Å². The number of imidazole rings is 1. The summed E-state index contributed by atoms with van der Waals surface area (Å²) in [4.78, 5) is 10.6. The van der Waals surface area contributed by atoms with E-state index in [0.717, 1.165) is 46.5 Å². The second kappa shape index (κ2) is 6.76. The molecule has 3 aromatic rings. The van der Waals surface area contributed by atoms with E-state index >= 15 is 0 Å². The van der Waals surface area contributed by atoms with Crippen LogP contribution in [0.5, 0.6) is 11.5 Å². The molecule has 2 aliphatic rings. The predicted octanol–water partition coefficient (Wildman–Crippen LogP) is 4.57. The molecule has 5 rings (SSSR count). The van der Waals surface area contributed by atoms with Crippen LogP contribution in [0.3, 0.4) is 0 Å². The molecule has 0 saturated carbocycles. The van der Waals surface area contributed by atoms with Gasteiger partial charge in [0.25, 0.3) is 0 Å². The van der Waals surface area contributed by atoms with Crippen LogP contribution in [-0.2, 0) is 5.75 Å². The van der Waals surface area contributed by atoms with E-state index in [4.69, 9.17) is 14.5 Å². The molecule has 1 fully saturated rings. The summed E-state index contributed by atoms with van der Waals surface area (Å²) < 4.78 is 10.9. The molecule has 0 aliphatic carbocycles. The zero-order valence-electron chi connectivity index (χ0n) is 14.5. The molecule has 1 N–H and O–H groups in total. The number of H-pyrrole nitrogens is 1. The van der Waals surface area contributed by atoms with Crippen LogP contribution < -0.4 is 14.4 Å². The van der Waals surface area contributed by atoms with E-state index in [-0.39, 0.29) is 6.79 Å². The minimum absolute atomic E-state index is 0.289. The molecule has 1 saturated heterocycles. The van der Waals surface area contributed by atoms with Crippen molar-refractivity contribution in [3.8, 4) is 11.5 Å². The zero-order valence-corrected chi connectivity index (χ0v) is 15.3. The van der Waals surface area contributed by atoms with E-state index in [2.05, 4.69) is 34.1 Å². The van der Waals surface area contributed by atoms with Crippen molar-refractivity contribution in [3.63, 3.8) is 0 Å². The summed E-state index contributed by atoms with van der Waals surface area (Å²) in [5.41, 5.74) is 4.65. The van der Waals surface area contributed by atoms with Crippen molar-refractivity contribution in [2.24, 2.45) is 0 Å². The predicted molar refractivity (Wildman–Crippen MR) is 104 cm³/mol. The van der Waals surface area contributed by atoms with Gasteiger partial charge in [0.1, 0.15) is 0 Å². The van der Waals surface area contributed by atoms with Gasteiger partial charge in [0.15, 0.2) is 16.7 Å². The summed E-state index contributed by atoms with van der Waals surface area (Å²) in [5, 5.41) is 0.928. The maximum atomic E-state index is 5.45. The number of rotatable bonds is 4. The number of piperidine rings is 1. The Morgan fingerprint density at radius 2 is 1.85 bits per heavy atom. The van der Waals surface area contributed by atoms with Crippen molar-refractivity contribution in [1.82, 2.24) is 9.97 Å². The van der Waals surface area contributed by atoms with Gasteiger partial charge < -0.3 is 19.4 Å². The average molecular weight is 367 g/mol. The first-order chi connectivity index (χ1) is 12.9. The molecule has 0 radical (unpaired) electrons. The Kier molecular flexibility index (Phi) is 4.13. The summed E-state index contributed by atoms with van der Waals surface area (Å²) in [6.07, 6.45) is 3.93. The van der Waals surface area contributed by atoms with E-state index in [1.54, 1.807) is 11.8 Å². The maximum absolute atomic E-state index is 5.45. The SMILES string of the molecule is c1ccc(N2CCCCC2)c(CSc2nc3cc4c(cc3[nH]2)OCO4)c1. The van der Waals surface area contributed by atoms with Crippen molar-refractivity contribution < 1.29 is 9.47 Å². The van der Waals surface area contributed by atoms with E-state index < -0.39 is 0 Å². The first-order valence-electron chi connectivity index (χ1n) is 9.12. The standard InChI is InChI=1S/C20H21N3O2S/c1-4-8-23(9-5-1)17-7-3-2-6-14(17)12-26-20-21-15-10-18-19(25-13-24-18)11-16(15)22-20/h2-3,6-7,10-11H,1,4-5,8-9,12-13H2,(H,21,22). The number of nitrogens with one attached hydrogen (secondary N) is 1. The fourth-order valence-corrected chi connectivity index (χ4v) is 4.55. The molecule has 6 heteroatoms. The summed E-state index contributed by atoms with van der Waals surface area (Å²) in [7, 11) is 0. The highest BCUT2D eigenvalue weighted by molar-refractivity contribution is 7.98. The van der Waals surface area contributed by atoms with Gasteiger partial charge in [0.2, 0.25) is 6.79 Å². The summed E-state index contributed by atoms with van der Waals surface area (Å²) in [6.45, 7) is 2.62. The van der Waals surface area contributed by atoms with Crippen LogP contribution in [0.4, 0.5) is 5.69 Å². The van der Waals surface area contributed by atoms with Crippen LogP contribution in [0, 0.1) is 0 Å². The van der Waals surface area contributed by atoms with E-state index in [9.17, 15) is 0 Å². The Morgan fingerprint density at radius 3 is 2.73 bits per heavy atom. The van der Waals surface area contributed by atoms with Crippen LogP contribution in [0.2, 0.25) is 0 Å². The lowest BCUT2D eigenvalue weighted by Gasteiger charge is -2.30. The molecule has 5 nitrogen and oxygen atoms in total. The van der Waals surface area contributed by atoms with Gasteiger partial charge >= 0.3 is 0 Å². The van der Waals surface area contributed by atoms with Crippen LogP contribution in [0.1, 0.15) is 24.8 Å². The number of thioether (sulfide) groups is 1. The second-order valence-electron chi connectivity index (χ2n) is 6.73. The van der Waals surface area contributed by atoms with Gasteiger partial charge in [-0.2, -0.15) is 0 Å². The van der Waals surface area contributed by atoms with Gasteiger partial charge in [-0.3, -0.25) is 0 Å². The van der Waals surface area contributed by atoms with Crippen molar-refractivity contribution in [3.05, 3.63) is 42.0 Å². The number of ether oxygens (including phenoxy) is 2. The normalized spacial score (nSPS) is 16.4. The Hall–Kier alpha value is -2.34. The summed E-state index contributed by atoms with van der Waals surface area (Å²) in [6, 6.07) is 12.7. The van der Waals surface area contributed by atoms with Crippen LogP contribution in [0.25, 0.3) is 11.0 Å². The number of nitrogens with zero attached hydrogens (tertiary/aromatic N) is 2. The molecular weight excluding hydrogens is 346 g/mol. The first kappa shape index (κ1) is 15.9. The Labute approximate surface area is 156 Å². The lowest BCUT2D eigenvalue weighted by atomic mass is 10.1. The van der Waals surface area contributed by atoms with Crippen molar-refractivity contribution in [2.45, 2.75) is 30.2 Å². The van der Waals surface area contributed by atoms with Crippen molar-refractivity contribution in [1.29, 1.82) is 0 Å². The smallest absolute Gasteiger partial charge is 0.231 e. The van der Waals surface area contributed by atoms with Crippen LogP contribution >= 0.6 is 11.8 Å². The van der Waals surface area contributed by atoms with Crippen molar-refractivity contribution >= 4 is 28.5 Å². The van der Waals surface area contributed by atoms with Gasteiger partial charge in [-0.15, -0.1) is 0 Å². The molecule has 134 valence electrons. The third-order valence-corrected chi connectivity index (χ3v) is 5.93. The maximum Gasteiger partial charge on any atom is 0.231 e. The fraction of sp³-hybridized carbons (Fsp3) is 0.350. The zero-order chi connectivity index (χ0) is 17.3. The molecular formula is C20H21N3O2S. The Morgan fingerprint density at radius 1 is 1.04 bits per heavy atom. The third kappa shape index (κ3) is 2.98. The Bertz CT molecular complexity index is 893. The highest BCUT2D eigenvalue weighted by atomic mass is 32.2. The molecule has 3 heterocycles. The lowest BCUT2D eigenvalue weighted by molar-refractivity contribution is 0.174. The summed E-state index contributed by atoms with van der Waals surface area (Å²) >= 11 is 1.74.